The number of aromatic nitrogens is 2. The second-order valence-electron chi connectivity index (χ2n) is 2.54. The maximum atomic E-state index is 10.7. The number of carbonyl (C=O) groups is 1. The minimum Gasteiger partial charge on any atom is -0.477 e. The van der Waals surface area contributed by atoms with Gasteiger partial charge < -0.3 is 10.1 Å². The number of rotatable bonds is 1. The summed E-state index contributed by atoms with van der Waals surface area (Å²) in [6.07, 6.45) is 1.57. The number of carboxylic acids is 1. The van der Waals surface area contributed by atoms with E-state index in [0.717, 1.165) is 0 Å². The van der Waals surface area contributed by atoms with E-state index in [4.69, 9.17) is 5.11 Å². The van der Waals surface area contributed by atoms with Gasteiger partial charge in [0, 0.05) is 11.6 Å². The first kappa shape index (κ1) is 8.25. The summed E-state index contributed by atoms with van der Waals surface area (Å²) in [6, 6.07) is 3.43. The molecular formula is C8H5BrN2O2. The number of halogens is 1. The monoisotopic (exact) mass is 240 g/mol. The molecule has 2 aromatic rings. The fourth-order valence-electron chi connectivity index (χ4n) is 1.17. The number of aromatic amines is 1. The van der Waals surface area contributed by atoms with E-state index < -0.39 is 5.97 Å². The van der Waals surface area contributed by atoms with E-state index in [9.17, 15) is 4.79 Å². The van der Waals surface area contributed by atoms with Crippen LogP contribution in [0.25, 0.3) is 10.9 Å². The molecule has 0 atom stereocenters. The minimum absolute atomic E-state index is 0.176. The number of aromatic carboxylic acids is 1. The van der Waals surface area contributed by atoms with E-state index in [1.54, 1.807) is 18.3 Å². The van der Waals surface area contributed by atoms with Crippen LogP contribution in [-0.2, 0) is 0 Å². The maximum absolute atomic E-state index is 10.7. The van der Waals surface area contributed by atoms with Crippen LogP contribution in [0.2, 0.25) is 0 Å². The number of fused-ring (bicyclic) bond motifs is 1. The number of pyridine rings is 1. The van der Waals surface area contributed by atoms with E-state index in [-0.39, 0.29) is 5.69 Å². The van der Waals surface area contributed by atoms with Gasteiger partial charge in [-0.2, -0.15) is 0 Å². The van der Waals surface area contributed by atoms with Gasteiger partial charge >= 0.3 is 5.97 Å². The highest BCUT2D eigenvalue weighted by atomic mass is 79.9. The first-order chi connectivity index (χ1) is 6.18. The Morgan fingerprint density at radius 1 is 1.54 bits per heavy atom. The lowest BCUT2D eigenvalue weighted by Gasteiger charge is -1.91. The fraction of sp³-hybridized carbons (Fsp3) is 0. The average Bonchev–Trinajstić information content (AvgIpc) is 2.46. The third-order valence-electron chi connectivity index (χ3n) is 1.73. The SMILES string of the molecule is O=C(O)c1[nH]cc2nc(Br)ccc12. The van der Waals surface area contributed by atoms with Gasteiger partial charge in [0.1, 0.15) is 10.3 Å². The number of H-pyrrole nitrogens is 1. The van der Waals surface area contributed by atoms with Gasteiger partial charge in [-0.25, -0.2) is 9.78 Å². The molecule has 0 spiro atoms. The fourth-order valence-corrected chi connectivity index (χ4v) is 1.49. The molecular weight excluding hydrogens is 236 g/mol. The highest BCUT2D eigenvalue weighted by molar-refractivity contribution is 9.10. The second kappa shape index (κ2) is 2.85. The number of nitrogens with zero attached hydrogens (tertiary/aromatic N) is 1. The van der Waals surface area contributed by atoms with Gasteiger partial charge in [-0.15, -0.1) is 0 Å². The molecule has 0 bridgehead atoms. The molecule has 4 nitrogen and oxygen atoms in total. The van der Waals surface area contributed by atoms with Crippen LogP contribution in [0.1, 0.15) is 10.5 Å². The summed E-state index contributed by atoms with van der Waals surface area (Å²) >= 11 is 3.21. The molecule has 0 aliphatic rings. The molecule has 13 heavy (non-hydrogen) atoms. The van der Waals surface area contributed by atoms with Crippen LogP contribution >= 0.6 is 15.9 Å². The van der Waals surface area contributed by atoms with Gasteiger partial charge in [-0.1, -0.05) is 0 Å². The first-order valence-corrected chi connectivity index (χ1v) is 4.34. The average molecular weight is 241 g/mol. The Kier molecular flexibility index (Phi) is 1.81. The van der Waals surface area contributed by atoms with Crippen LogP contribution in [0.3, 0.4) is 0 Å². The standard InChI is InChI=1S/C8H5BrN2O2/c9-6-2-1-4-5(11-6)3-10-7(4)8(12)13/h1-3,10H,(H,12,13). The number of carboxylic acid groups (broad SMARTS) is 1. The highest BCUT2D eigenvalue weighted by Crippen LogP contribution is 2.18. The molecule has 0 amide bonds. The van der Waals surface area contributed by atoms with Gasteiger partial charge in [0.05, 0.1) is 5.52 Å². The quantitative estimate of drug-likeness (QED) is 0.750. The molecule has 2 aromatic heterocycles. The van der Waals surface area contributed by atoms with Gasteiger partial charge in [0.15, 0.2) is 0 Å². The van der Waals surface area contributed by atoms with Crippen molar-refractivity contribution in [3.63, 3.8) is 0 Å². The molecule has 0 aliphatic heterocycles. The Balaban J connectivity index is 2.76. The summed E-state index contributed by atoms with van der Waals surface area (Å²) in [6.45, 7) is 0. The van der Waals surface area contributed by atoms with Crippen LogP contribution in [0.5, 0.6) is 0 Å². The summed E-state index contributed by atoms with van der Waals surface area (Å²) in [4.78, 5) is 17.4. The van der Waals surface area contributed by atoms with Crippen molar-refractivity contribution < 1.29 is 9.90 Å². The molecule has 2 rings (SSSR count). The zero-order chi connectivity index (χ0) is 9.42. The maximum Gasteiger partial charge on any atom is 0.353 e. The molecule has 66 valence electrons. The first-order valence-electron chi connectivity index (χ1n) is 3.55. The van der Waals surface area contributed by atoms with Gasteiger partial charge in [0.25, 0.3) is 0 Å². The Labute approximate surface area is 81.7 Å². The van der Waals surface area contributed by atoms with Crippen molar-refractivity contribution in [1.82, 2.24) is 9.97 Å². The third-order valence-corrected chi connectivity index (χ3v) is 2.17. The van der Waals surface area contributed by atoms with Crippen molar-refractivity contribution >= 4 is 32.8 Å². The van der Waals surface area contributed by atoms with E-state index in [1.807, 2.05) is 0 Å². The van der Waals surface area contributed by atoms with Gasteiger partial charge in [-0.05, 0) is 28.1 Å². The highest BCUT2D eigenvalue weighted by Gasteiger charge is 2.10. The molecule has 0 aromatic carbocycles. The molecule has 2 N–H and O–H groups in total. The van der Waals surface area contributed by atoms with Crippen LogP contribution in [0, 0.1) is 0 Å². The van der Waals surface area contributed by atoms with Gasteiger partial charge in [-0.3, -0.25) is 0 Å². The zero-order valence-corrected chi connectivity index (χ0v) is 8.00. The Hall–Kier alpha value is -1.36. The molecule has 2 heterocycles. The molecule has 0 fully saturated rings. The molecule has 0 aliphatic carbocycles. The van der Waals surface area contributed by atoms with E-state index >= 15 is 0 Å². The van der Waals surface area contributed by atoms with Crippen molar-refractivity contribution in [2.75, 3.05) is 0 Å². The van der Waals surface area contributed by atoms with Gasteiger partial charge in [0.2, 0.25) is 0 Å². The predicted molar refractivity (Wildman–Crippen MR) is 50.8 cm³/mol. The lowest BCUT2D eigenvalue weighted by molar-refractivity contribution is 0.0693. The lowest BCUT2D eigenvalue weighted by Crippen LogP contribution is -1.96. The van der Waals surface area contributed by atoms with Crippen molar-refractivity contribution in [3.05, 3.63) is 28.6 Å². The molecule has 0 saturated heterocycles. The van der Waals surface area contributed by atoms with Crippen LogP contribution in [0.15, 0.2) is 22.9 Å². The largest absolute Gasteiger partial charge is 0.477 e. The van der Waals surface area contributed by atoms with E-state index in [1.165, 1.54) is 0 Å². The zero-order valence-electron chi connectivity index (χ0n) is 6.41. The summed E-state index contributed by atoms with van der Waals surface area (Å²) in [7, 11) is 0. The topological polar surface area (TPSA) is 66.0 Å². The van der Waals surface area contributed by atoms with Crippen molar-refractivity contribution in [2.45, 2.75) is 0 Å². The molecule has 5 heteroatoms. The Bertz CT molecular complexity index is 478. The molecule has 0 unspecified atom stereocenters. The second-order valence-corrected chi connectivity index (χ2v) is 3.35. The van der Waals surface area contributed by atoms with Crippen molar-refractivity contribution in [1.29, 1.82) is 0 Å². The number of nitrogens with one attached hydrogen (secondary N) is 1. The summed E-state index contributed by atoms with van der Waals surface area (Å²) in [5.41, 5.74) is 0.821. The molecule has 0 radical (unpaired) electrons. The van der Waals surface area contributed by atoms with Crippen LogP contribution in [0.4, 0.5) is 0 Å². The molecule has 0 saturated carbocycles. The van der Waals surface area contributed by atoms with Crippen molar-refractivity contribution in [2.24, 2.45) is 0 Å². The lowest BCUT2D eigenvalue weighted by atomic mass is 10.2. The summed E-state index contributed by atoms with van der Waals surface area (Å²) in [5.74, 6) is -0.973. The number of hydrogen-bond donors (Lipinski definition) is 2. The smallest absolute Gasteiger partial charge is 0.353 e. The third kappa shape index (κ3) is 1.31. The summed E-state index contributed by atoms with van der Waals surface area (Å²) in [5, 5.41) is 9.39. The Morgan fingerprint density at radius 2 is 2.31 bits per heavy atom. The summed E-state index contributed by atoms with van der Waals surface area (Å²) < 4.78 is 0.691. The minimum atomic E-state index is -0.973. The van der Waals surface area contributed by atoms with Crippen LogP contribution in [-0.4, -0.2) is 21.0 Å². The number of hydrogen-bond acceptors (Lipinski definition) is 2. The Morgan fingerprint density at radius 3 is 3.00 bits per heavy atom. The van der Waals surface area contributed by atoms with Crippen LogP contribution < -0.4 is 0 Å². The van der Waals surface area contributed by atoms with Crippen molar-refractivity contribution in [3.8, 4) is 0 Å². The van der Waals surface area contributed by atoms with E-state index in [2.05, 4.69) is 25.9 Å². The predicted octanol–water partition coefficient (Wildman–Crippen LogP) is 2.02. The van der Waals surface area contributed by atoms with E-state index in [0.29, 0.717) is 15.5 Å². The normalized spacial score (nSPS) is 10.5.